The minimum Gasteiger partial charge on any atom is -0.461 e. The van der Waals surface area contributed by atoms with Crippen LogP contribution >= 0.6 is 0 Å². The monoisotopic (exact) mass is 564 g/mol. The summed E-state index contributed by atoms with van der Waals surface area (Å²) >= 11 is 0. The number of rotatable bonds is 14. The molecule has 3 aromatic rings. The highest BCUT2D eigenvalue weighted by Gasteiger charge is 2.17. The Morgan fingerprint density at radius 1 is 0.659 bits per heavy atom. The quantitative estimate of drug-likeness (QED) is 0.216. The molecule has 3 rings (SSSR count). The van der Waals surface area contributed by atoms with Crippen molar-refractivity contribution in [3.8, 4) is 0 Å². The van der Waals surface area contributed by atoms with Gasteiger partial charge in [-0.05, 0) is 17.2 Å². The highest BCUT2D eigenvalue weighted by Crippen LogP contribution is 2.17. The lowest BCUT2D eigenvalue weighted by Crippen LogP contribution is -2.35. The fourth-order valence-electron chi connectivity index (χ4n) is 3.35. The third kappa shape index (κ3) is 12.2. The number of esters is 2. The minimum atomic E-state index is -0.862. The predicted molar refractivity (Wildman–Crippen MR) is 147 cm³/mol. The number of alkyl carbamates (subject to hydrolysis) is 1. The van der Waals surface area contributed by atoms with Gasteiger partial charge in [0.05, 0.1) is 12.3 Å². The number of anilines is 1. The number of carbonyl (C=O) groups is 4. The molecule has 1 atom stereocenters. The van der Waals surface area contributed by atoms with Gasteiger partial charge in [0.25, 0.3) is 0 Å². The molecule has 11 nitrogen and oxygen atoms in total. The van der Waals surface area contributed by atoms with Crippen molar-refractivity contribution in [3.05, 3.63) is 102 Å². The first kappa shape index (κ1) is 30.6. The molecule has 0 aliphatic heterocycles. The first-order valence-electron chi connectivity index (χ1n) is 12.8. The predicted octanol–water partition coefficient (Wildman–Crippen LogP) is 4.35. The van der Waals surface area contributed by atoms with Crippen LogP contribution in [0, 0.1) is 0 Å². The zero-order valence-electron chi connectivity index (χ0n) is 22.6. The first-order valence-corrected chi connectivity index (χ1v) is 12.8. The maximum atomic E-state index is 12.5. The van der Waals surface area contributed by atoms with E-state index in [-0.39, 0.29) is 39.6 Å². The molecule has 0 saturated carbocycles. The summed E-state index contributed by atoms with van der Waals surface area (Å²) in [6.07, 6.45) is -2.45. The van der Waals surface area contributed by atoms with Gasteiger partial charge in [0.1, 0.15) is 39.1 Å². The summed E-state index contributed by atoms with van der Waals surface area (Å²) < 4.78 is 26.5. The molecule has 0 aromatic heterocycles. The highest BCUT2D eigenvalue weighted by molar-refractivity contribution is 5.85. The Hall–Kier alpha value is -4.90. The number of amides is 2. The van der Waals surface area contributed by atoms with Crippen molar-refractivity contribution in [1.82, 2.24) is 5.32 Å². The Bertz CT molecular complexity index is 1270. The second-order valence-corrected chi connectivity index (χ2v) is 8.68. The molecular weight excluding hydrogens is 532 g/mol. The molecule has 0 saturated heterocycles. The summed E-state index contributed by atoms with van der Waals surface area (Å²) in [5.41, 5.74) is 2.68. The van der Waals surface area contributed by atoms with E-state index in [1.54, 1.807) is 24.3 Å². The number of hydrogen-bond acceptors (Lipinski definition) is 9. The van der Waals surface area contributed by atoms with Crippen LogP contribution in [0.25, 0.3) is 0 Å². The lowest BCUT2D eigenvalue weighted by atomic mass is 10.2. The van der Waals surface area contributed by atoms with Crippen molar-refractivity contribution in [2.24, 2.45) is 0 Å². The van der Waals surface area contributed by atoms with Gasteiger partial charge in [0, 0.05) is 12.5 Å². The molecule has 0 heterocycles. The highest BCUT2D eigenvalue weighted by atomic mass is 16.6. The smallest absolute Gasteiger partial charge is 0.411 e. The average molecular weight is 565 g/mol. The summed E-state index contributed by atoms with van der Waals surface area (Å²) in [6.45, 7) is 0.660. The van der Waals surface area contributed by atoms with E-state index >= 15 is 0 Å². The van der Waals surface area contributed by atoms with E-state index in [1.807, 2.05) is 60.7 Å². The topological polar surface area (TPSA) is 138 Å². The van der Waals surface area contributed by atoms with E-state index in [0.717, 1.165) is 11.1 Å². The van der Waals surface area contributed by atoms with Crippen molar-refractivity contribution in [2.45, 2.75) is 32.8 Å². The Kier molecular flexibility index (Phi) is 12.7. The van der Waals surface area contributed by atoms with Crippen LogP contribution in [-0.2, 0) is 53.1 Å². The largest absolute Gasteiger partial charge is 0.461 e. The summed E-state index contributed by atoms with van der Waals surface area (Å²) in [5, 5.41) is 4.93. The molecule has 2 N–H and O–H groups in total. The minimum absolute atomic E-state index is 0.0165. The summed E-state index contributed by atoms with van der Waals surface area (Å²) in [6, 6.07) is 25.2. The van der Waals surface area contributed by atoms with Crippen LogP contribution in [0.2, 0.25) is 0 Å². The molecule has 0 radical (unpaired) electrons. The van der Waals surface area contributed by atoms with Gasteiger partial charge in [0.15, 0.2) is 0 Å². The van der Waals surface area contributed by atoms with E-state index in [0.29, 0.717) is 11.3 Å². The van der Waals surface area contributed by atoms with Gasteiger partial charge < -0.3 is 29.0 Å². The average Bonchev–Trinajstić information content (AvgIpc) is 2.99. The number of para-hydroxylation sites is 1. The van der Waals surface area contributed by atoms with Gasteiger partial charge in [-0.3, -0.25) is 14.9 Å². The van der Waals surface area contributed by atoms with E-state index in [1.165, 1.54) is 6.92 Å². The van der Waals surface area contributed by atoms with Crippen LogP contribution in [0.5, 0.6) is 0 Å². The van der Waals surface area contributed by atoms with Crippen LogP contribution in [-0.4, -0.2) is 50.0 Å². The van der Waals surface area contributed by atoms with Gasteiger partial charge in [-0.15, -0.1) is 0 Å². The zero-order chi connectivity index (χ0) is 29.3. The maximum absolute atomic E-state index is 12.5. The second kappa shape index (κ2) is 16.9. The Morgan fingerprint density at radius 3 is 1.90 bits per heavy atom. The number of carbonyl (C=O) groups excluding carboxylic acids is 4. The number of ether oxygens (including phenoxy) is 5. The van der Waals surface area contributed by atoms with Crippen LogP contribution < -0.4 is 10.6 Å². The molecular formula is C30H32N2O9. The number of benzene rings is 3. The van der Waals surface area contributed by atoms with Gasteiger partial charge in [-0.2, -0.15) is 0 Å². The number of nitrogens with one attached hydrogen (secondary N) is 2. The molecule has 0 aliphatic rings. The molecule has 3 aromatic carbocycles. The van der Waals surface area contributed by atoms with E-state index in [9.17, 15) is 19.2 Å². The third-order valence-electron chi connectivity index (χ3n) is 5.43. The van der Waals surface area contributed by atoms with Crippen molar-refractivity contribution < 1.29 is 42.9 Å². The van der Waals surface area contributed by atoms with E-state index in [2.05, 4.69) is 10.6 Å². The van der Waals surface area contributed by atoms with Crippen molar-refractivity contribution in [2.75, 3.05) is 25.1 Å². The lowest BCUT2D eigenvalue weighted by Gasteiger charge is -2.19. The fraction of sp³-hybridized carbons (Fsp3) is 0.267. The Morgan fingerprint density at radius 2 is 1.24 bits per heavy atom. The Balaban J connectivity index is 1.47. The molecule has 0 spiro atoms. The molecule has 0 bridgehead atoms. The normalized spacial score (nSPS) is 11.0. The molecule has 216 valence electrons. The molecule has 2 amide bonds. The van der Waals surface area contributed by atoms with Gasteiger partial charge >= 0.3 is 24.1 Å². The van der Waals surface area contributed by atoms with E-state index in [4.69, 9.17) is 23.7 Å². The first-order chi connectivity index (χ1) is 19.9. The van der Waals surface area contributed by atoms with Gasteiger partial charge in [-0.25, -0.2) is 9.59 Å². The van der Waals surface area contributed by atoms with Crippen LogP contribution in [0.3, 0.4) is 0 Å². The zero-order valence-corrected chi connectivity index (χ0v) is 22.6. The van der Waals surface area contributed by atoms with Crippen LogP contribution in [0.4, 0.5) is 15.3 Å². The van der Waals surface area contributed by atoms with Crippen molar-refractivity contribution >= 4 is 29.8 Å². The summed E-state index contributed by atoms with van der Waals surface area (Å²) in [4.78, 5) is 47.8. The van der Waals surface area contributed by atoms with E-state index < -0.39 is 30.2 Å². The third-order valence-corrected chi connectivity index (χ3v) is 5.43. The fourth-order valence-corrected chi connectivity index (χ4v) is 3.35. The maximum Gasteiger partial charge on any atom is 0.411 e. The summed E-state index contributed by atoms with van der Waals surface area (Å²) in [7, 11) is 0. The molecule has 0 fully saturated rings. The van der Waals surface area contributed by atoms with Crippen LogP contribution in [0.1, 0.15) is 23.6 Å². The van der Waals surface area contributed by atoms with Crippen molar-refractivity contribution in [3.63, 3.8) is 0 Å². The van der Waals surface area contributed by atoms with Crippen molar-refractivity contribution in [1.29, 1.82) is 0 Å². The SMILES string of the molecule is CC(=O)OCc1ccccc1NC(=O)OCC(COC(=O)NCC(=O)OCc1ccccc1)OCc1ccccc1. The van der Waals surface area contributed by atoms with Gasteiger partial charge in [-0.1, -0.05) is 78.9 Å². The summed E-state index contributed by atoms with van der Waals surface area (Å²) in [5.74, 6) is -1.08. The molecule has 0 aliphatic carbocycles. The van der Waals surface area contributed by atoms with Crippen LogP contribution in [0.15, 0.2) is 84.9 Å². The molecule has 41 heavy (non-hydrogen) atoms. The second-order valence-electron chi connectivity index (χ2n) is 8.68. The van der Waals surface area contributed by atoms with Gasteiger partial charge in [0.2, 0.25) is 0 Å². The lowest BCUT2D eigenvalue weighted by molar-refractivity contribution is -0.144. The molecule has 1 unspecified atom stereocenters. The molecule has 11 heteroatoms. The Labute approximate surface area is 237 Å². The standard InChI is InChI=1S/C30H32N2O9/c1-22(33)37-19-25-14-8-9-15-27(25)32-30(36)41-21-26(38-17-23-10-4-2-5-11-23)20-40-29(35)31-16-28(34)39-18-24-12-6-3-7-13-24/h2-15,26H,16-21H2,1H3,(H,31,35)(H,32,36). The number of hydrogen-bond donors (Lipinski definition) is 2.